The van der Waals surface area contributed by atoms with Crippen molar-refractivity contribution in [1.29, 1.82) is 0 Å². The van der Waals surface area contributed by atoms with Crippen LogP contribution in [0.1, 0.15) is 64.2 Å². The lowest BCUT2D eigenvalue weighted by Crippen LogP contribution is -2.50. The van der Waals surface area contributed by atoms with Crippen LogP contribution in [0.5, 0.6) is 0 Å². The van der Waals surface area contributed by atoms with Crippen LogP contribution in [0.4, 0.5) is 0 Å². The molecule has 2 fully saturated rings. The highest BCUT2D eigenvalue weighted by Crippen LogP contribution is 2.29. The summed E-state index contributed by atoms with van der Waals surface area (Å²) in [4.78, 5) is 14.8. The highest BCUT2D eigenvalue weighted by molar-refractivity contribution is 5.77. The minimum absolute atomic E-state index is 0.0812. The molecule has 21 heavy (non-hydrogen) atoms. The maximum atomic E-state index is 12.3. The third kappa shape index (κ3) is 5.59. The molecule has 2 rings (SSSR count). The Morgan fingerprint density at radius 2 is 1.67 bits per heavy atom. The normalized spacial score (nSPS) is 23.5. The van der Waals surface area contributed by atoms with Gasteiger partial charge in [0.1, 0.15) is 0 Å². The first-order valence-electron chi connectivity index (χ1n) is 8.76. The summed E-state index contributed by atoms with van der Waals surface area (Å²) >= 11 is 0. The second-order valence-corrected chi connectivity index (χ2v) is 6.83. The molecule has 1 aliphatic carbocycles. The summed E-state index contributed by atoms with van der Waals surface area (Å²) in [6.45, 7) is 3.89. The number of methoxy groups -OCH3 is 1. The van der Waals surface area contributed by atoms with Crippen LogP contribution in [0.15, 0.2) is 0 Å². The van der Waals surface area contributed by atoms with E-state index in [1.54, 1.807) is 7.11 Å². The number of ether oxygens (including phenoxy) is 1. The lowest BCUT2D eigenvalue weighted by atomic mass is 9.98. The molecule has 1 amide bonds. The first-order chi connectivity index (χ1) is 10.2. The van der Waals surface area contributed by atoms with Gasteiger partial charge in [-0.2, -0.15) is 0 Å². The zero-order chi connectivity index (χ0) is 15.0. The van der Waals surface area contributed by atoms with Gasteiger partial charge in [-0.25, -0.2) is 0 Å². The molecule has 0 aromatic carbocycles. The summed E-state index contributed by atoms with van der Waals surface area (Å²) < 4.78 is 5.33. The van der Waals surface area contributed by atoms with Crippen molar-refractivity contribution >= 4 is 5.91 Å². The molecular formula is C17H32N2O2. The van der Waals surface area contributed by atoms with Gasteiger partial charge in [0.15, 0.2) is 0 Å². The Balaban J connectivity index is 1.72. The second-order valence-electron chi connectivity index (χ2n) is 6.83. The monoisotopic (exact) mass is 296 g/mol. The van der Waals surface area contributed by atoms with Crippen LogP contribution >= 0.6 is 0 Å². The minimum Gasteiger partial charge on any atom is -0.382 e. The lowest BCUT2D eigenvalue weighted by molar-refractivity contribution is -0.124. The van der Waals surface area contributed by atoms with Crippen LogP contribution in [-0.2, 0) is 9.53 Å². The zero-order valence-electron chi connectivity index (χ0n) is 13.7. The van der Waals surface area contributed by atoms with Crippen molar-refractivity contribution in [3.8, 4) is 0 Å². The molecule has 1 N–H and O–H groups in total. The van der Waals surface area contributed by atoms with E-state index in [4.69, 9.17) is 4.74 Å². The minimum atomic E-state index is -0.0812. The molecule has 4 nitrogen and oxygen atoms in total. The molecule has 0 unspecified atom stereocenters. The Morgan fingerprint density at radius 3 is 2.29 bits per heavy atom. The zero-order valence-corrected chi connectivity index (χ0v) is 13.7. The average Bonchev–Trinajstić information content (AvgIpc) is 2.86. The van der Waals surface area contributed by atoms with Crippen LogP contribution in [0.25, 0.3) is 0 Å². The molecule has 0 radical (unpaired) electrons. The van der Waals surface area contributed by atoms with Gasteiger partial charge in [-0.3, -0.25) is 4.79 Å². The molecule has 2 aliphatic rings. The lowest BCUT2D eigenvalue weighted by Gasteiger charge is -2.30. The molecule has 0 aromatic rings. The molecule has 0 bridgehead atoms. The fraction of sp³-hybridized carbons (Fsp3) is 0.941. The van der Waals surface area contributed by atoms with Crippen LogP contribution < -0.4 is 5.32 Å². The number of likely N-dealkylation sites (tertiary alicyclic amines) is 1. The van der Waals surface area contributed by atoms with Gasteiger partial charge in [-0.1, -0.05) is 32.1 Å². The van der Waals surface area contributed by atoms with Crippen molar-refractivity contribution in [2.24, 2.45) is 0 Å². The first kappa shape index (κ1) is 16.8. The second kappa shape index (κ2) is 8.74. The maximum Gasteiger partial charge on any atom is 0.221 e. The van der Waals surface area contributed by atoms with E-state index in [0.29, 0.717) is 13.0 Å². The van der Waals surface area contributed by atoms with Crippen LogP contribution in [0, 0.1) is 0 Å². The molecular weight excluding hydrogens is 264 g/mol. The molecule has 0 aromatic heterocycles. The number of hydrogen-bond donors (Lipinski definition) is 1. The molecule has 4 heteroatoms. The first-order valence-corrected chi connectivity index (χ1v) is 8.76. The number of nitrogens with zero attached hydrogens (tertiary/aromatic N) is 1. The van der Waals surface area contributed by atoms with E-state index in [9.17, 15) is 4.79 Å². The van der Waals surface area contributed by atoms with E-state index in [0.717, 1.165) is 32.5 Å². The highest BCUT2D eigenvalue weighted by atomic mass is 16.5. The molecule has 1 aliphatic heterocycles. The standard InChI is InChI=1S/C17H32N2O2/c1-21-15-17(10-5-6-11-17)18-16(20)9-14-19-12-7-3-2-4-8-13-19/h2-15H2,1H3,(H,18,20). The molecule has 0 atom stereocenters. The van der Waals surface area contributed by atoms with Crippen LogP contribution in [0.3, 0.4) is 0 Å². The average molecular weight is 296 g/mol. The Bertz CT molecular complexity index is 306. The van der Waals surface area contributed by atoms with E-state index in [-0.39, 0.29) is 11.4 Å². The van der Waals surface area contributed by atoms with E-state index < -0.39 is 0 Å². The molecule has 1 heterocycles. The topological polar surface area (TPSA) is 41.6 Å². The van der Waals surface area contributed by atoms with Gasteiger partial charge >= 0.3 is 0 Å². The Hall–Kier alpha value is -0.610. The van der Waals surface area contributed by atoms with Crippen molar-refractivity contribution in [1.82, 2.24) is 10.2 Å². The van der Waals surface area contributed by atoms with Crippen molar-refractivity contribution in [3.63, 3.8) is 0 Å². The largest absolute Gasteiger partial charge is 0.382 e. The molecule has 122 valence electrons. The number of amides is 1. The van der Waals surface area contributed by atoms with Crippen LogP contribution in [0.2, 0.25) is 0 Å². The van der Waals surface area contributed by atoms with E-state index in [2.05, 4.69) is 10.2 Å². The summed E-state index contributed by atoms with van der Waals surface area (Å²) in [6, 6.07) is 0. The van der Waals surface area contributed by atoms with E-state index in [1.165, 1.54) is 44.9 Å². The van der Waals surface area contributed by atoms with Gasteiger partial charge in [0, 0.05) is 20.1 Å². The van der Waals surface area contributed by atoms with Crippen molar-refractivity contribution in [3.05, 3.63) is 0 Å². The third-order valence-electron chi connectivity index (χ3n) is 4.99. The fourth-order valence-electron chi connectivity index (χ4n) is 3.79. The summed E-state index contributed by atoms with van der Waals surface area (Å²) in [6.07, 6.45) is 11.8. The number of rotatable bonds is 6. The number of carbonyl (C=O) groups is 1. The van der Waals surface area contributed by atoms with E-state index in [1.807, 2.05) is 0 Å². The summed E-state index contributed by atoms with van der Waals surface area (Å²) in [7, 11) is 1.73. The fourth-order valence-corrected chi connectivity index (χ4v) is 3.79. The van der Waals surface area contributed by atoms with Gasteiger partial charge in [-0.05, 0) is 38.8 Å². The highest BCUT2D eigenvalue weighted by Gasteiger charge is 2.35. The molecule has 1 saturated carbocycles. The van der Waals surface area contributed by atoms with Crippen LogP contribution in [-0.4, -0.2) is 49.7 Å². The smallest absolute Gasteiger partial charge is 0.221 e. The molecule has 1 saturated heterocycles. The number of hydrogen-bond acceptors (Lipinski definition) is 3. The van der Waals surface area contributed by atoms with Gasteiger partial charge in [0.05, 0.1) is 12.1 Å². The molecule has 0 spiro atoms. The third-order valence-corrected chi connectivity index (χ3v) is 4.99. The summed E-state index contributed by atoms with van der Waals surface area (Å²) in [5.74, 6) is 0.205. The summed E-state index contributed by atoms with van der Waals surface area (Å²) in [5.41, 5.74) is -0.0812. The Labute approximate surface area is 129 Å². The van der Waals surface area contributed by atoms with Gasteiger partial charge in [0.25, 0.3) is 0 Å². The van der Waals surface area contributed by atoms with Crippen molar-refractivity contribution < 1.29 is 9.53 Å². The number of carbonyl (C=O) groups excluding carboxylic acids is 1. The Kier molecular flexibility index (Phi) is 6.97. The van der Waals surface area contributed by atoms with E-state index >= 15 is 0 Å². The SMILES string of the molecule is COCC1(NC(=O)CCN2CCCCCCC2)CCCC1. The Morgan fingerprint density at radius 1 is 1.05 bits per heavy atom. The predicted octanol–water partition coefficient (Wildman–Crippen LogP) is 2.72. The van der Waals surface area contributed by atoms with Crippen molar-refractivity contribution in [2.45, 2.75) is 69.7 Å². The quantitative estimate of drug-likeness (QED) is 0.819. The van der Waals surface area contributed by atoms with Crippen molar-refractivity contribution in [2.75, 3.05) is 33.4 Å². The predicted molar refractivity (Wildman–Crippen MR) is 85.4 cm³/mol. The van der Waals surface area contributed by atoms with Gasteiger partial charge < -0.3 is 15.0 Å². The number of nitrogens with one attached hydrogen (secondary N) is 1. The van der Waals surface area contributed by atoms with Gasteiger partial charge in [-0.15, -0.1) is 0 Å². The summed E-state index contributed by atoms with van der Waals surface area (Å²) in [5, 5.41) is 3.27. The van der Waals surface area contributed by atoms with Gasteiger partial charge in [0.2, 0.25) is 5.91 Å². The maximum absolute atomic E-state index is 12.3.